The lowest BCUT2D eigenvalue weighted by atomic mass is 10.0. The molecule has 0 aromatic carbocycles. The molecule has 1 aliphatic heterocycles. The maximum atomic E-state index is 9.02. The molecular formula is C16H23N5O3. The van der Waals surface area contributed by atoms with Crippen LogP contribution in [-0.4, -0.2) is 53.6 Å². The second-order valence-electron chi connectivity index (χ2n) is 5.98. The van der Waals surface area contributed by atoms with E-state index in [1.165, 1.54) is 0 Å². The summed E-state index contributed by atoms with van der Waals surface area (Å²) in [5, 5.41) is 16.0. The molecule has 3 rings (SSSR count). The van der Waals surface area contributed by atoms with E-state index in [0.717, 1.165) is 36.0 Å². The summed E-state index contributed by atoms with van der Waals surface area (Å²) >= 11 is 0. The monoisotopic (exact) mass is 333 g/mol. The Kier molecular flexibility index (Phi) is 5.27. The molecule has 0 bridgehead atoms. The maximum absolute atomic E-state index is 9.02. The summed E-state index contributed by atoms with van der Waals surface area (Å²) in [6.07, 6.45) is 0.959. The van der Waals surface area contributed by atoms with E-state index in [9.17, 15) is 0 Å². The molecule has 0 unspecified atom stereocenters. The maximum Gasteiger partial charge on any atom is 0.224 e. The third kappa shape index (κ3) is 4.01. The molecule has 8 nitrogen and oxygen atoms in total. The van der Waals surface area contributed by atoms with Crippen LogP contribution in [0.4, 0.5) is 11.8 Å². The Labute approximate surface area is 140 Å². The van der Waals surface area contributed by atoms with E-state index < -0.39 is 0 Å². The molecule has 2 aromatic heterocycles. The van der Waals surface area contributed by atoms with Crippen LogP contribution < -0.4 is 10.2 Å². The highest BCUT2D eigenvalue weighted by Gasteiger charge is 2.21. The van der Waals surface area contributed by atoms with Gasteiger partial charge in [0.15, 0.2) is 5.76 Å². The van der Waals surface area contributed by atoms with Gasteiger partial charge < -0.3 is 24.6 Å². The fraction of sp³-hybridized carbons (Fsp3) is 0.562. The molecule has 130 valence electrons. The lowest BCUT2D eigenvalue weighted by molar-refractivity contribution is 0.193. The summed E-state index contributed by atoms with van der Waals surface area (Å²) < 4.78 is 10.8. The molecular weight excluding hydrogens is 310 g/mol. The van der Waals surface area contributed by atoms with Crippen LogP contribution in [0.15, 0.2) is 16.7 Å². The molecule has 0 radical (unpaired) electrons. The van der Waals surface area contributed by atoms with Gasteiger partial charge in [-0.05, 0) is 13.3 Å². The molecule has 24 heavy (non-hydrogen) atoms. The topological polar surface area (TPSA) is 96.5 Å². The van der Waals surface area contributed by atoms with Crippen molar-refractivity contribution in [2.45, 2.75) is 25.8 Å². The Bertz CT molecular complexity index is 669. The predicted molar refractivity (Wildman–Crippen MR) is 89.1 cm³/mol. The molecule has 2 N–H and O–H groups in total. The SMILES string of the molecule is Cc1cc(CN(C)c2cc([C@@H]3CCOC3)nc(NCCO)n2)on1. The molecule has 0 aliphatic carbocycles. The molecule has 1 aliphatic rings. The first-order valence-corrected chi connectivity index (χ1v) is 8.10. The van der Waals surface area contributed by atoms with E-state index in [2.05, 4.69) is 20.4 Å². The minimum atomic E-state index is 0.0304. The fourth-order valence-electron chi connectivity index (χ4n) is 2.68. The summed E-state index contributed by atoms with van der Waals surface area (Å²) in [5.41, 5.74) is 1.81. The first-order chi connectivity index (χ1) is 11.7. The van der Waals surface area contributed by atoms with Crippen LogP contribution in [0, 0.1) is 6.92 Å². The van der Waals surface area contributed by atoms with Crippen LogP contribution in [0.1, 0.15) is 29.5 Å². The largest absolute Gasteiger partial charge is 0.395 e. The Morgan fingerprint density at radius 3 is 2.92 bits per heavy atom. The van der Waals surface area contributed by atoms with Gasteiger partial charge in [0, 0.05) is 38.2 Å². The molecule has 1 fully saturated rings. The summed E-state index contributed by atoms with van der Waals surface area (Å²) in [5.74, 6) is 2.37. The average molecular weight is 333 g/mol. The predicted octanol–water partition coefficient (Wildman–Crippen LogP) is 1.32. The van der Waals surface area contributed by atoms with Crippen LogP contribution in [-0.2, 0) is 11.3 Å². The van der Waals surface area contributed by atoms with Crippen molar-refractivity contribution in [1.82, 2.24) is 15.1 Å². The second kappa shape index (κ2) is 7.59. The van der Waals surface area contributed by atoms with E-state index in [1.807, 2.05) is 31.0 Å². The Morgan fingerprint density at radius 1 is 1.38 bits per heavy atom. The van der Waals surface area contributed by atoms with Gasteiger partial charge in [-0.1, -0.05) is 5.16 Å². The fourth-order valence-corrected chi connectivity index (χ4v) is 2.68. The van der Waals surface area contributed by atoms with Crippen molar-refractivity contribution in [3.05, 3.63) is 29.3 Å². The number of aliphatic hydroxyl groups is 1. The number of hydrogen-bond acceptors (Lipinski definition) is 8. The van der Waals surface area contributed by atoms with Gasteiger partial charge in [0.25, 0.3) is 0 Å². The van der Waals surface area contributed by atoms with Gasteiger partial charge in [-0.3, -0.25) is 0 Å². The van der Waals surface area contributed by atoms with Crippen molar-refractivity contribution in [3.63, 3.8) is 0 Å². The van der Waals surface area contributed by atoms with Crippen molar-refractivity contribution in [3.8, 4) is 0 Å². The lowest BCUT2D eigenvalue weighted by Crippen LogP contribution is -2.20. The van der Waals surface area contributed by atoms with Gasteiger partial charge in [0.1, 0.15) is 5.82 Å². The van der Waals surface area contributed by atoms with E-state index in [-0.39, 0.29) is 12.5 Å². The number of aliphatic hydroxyl groups excluding tert-OH is 1. The van der Waals surface area contributed by atoms with Crippen molar-refractivity contribution in [2.24, 2.45) is 0 Å². The highest BCUT2D eigenvalue weighted by molar-refractivity contribution is 5.45. The number of nitrogens with zero attached hydrogens (tertiary/aromatic N) is 4. The van der Waals surface area contributed by atoms with Gasteiger partial charge >= 0.3 is 0 Å². The van der Waals surface area contributed by atoms with Crippen molar-refractivity contribution < 1.29 is 14.4 Å². The first-order valence-electron chi connectivity index (χ1n) is 8.10. The summed E-state index contributed by atoms with van der Waals surface area (Å²) in [7, 11) is 1.95. The Morgan fingerprint density at radius 2 is 2.25 bits per heavy atom. The van der Waals surface area contributed by atoms with Crippen LogP contribution in [0.5, 0.6) is 0 Å². The zero-order valence-electron chi connectivity index (χ0n) is 14.0. The van der Waals surface area contributed by atoms with E-state index in [0.29, 0.717) is 25.6 Å². The van der Waals surface area contributed by atoms with Crippen molar-refractivity contribution in [1.29, 1.82) is 0 Å². The first kappa shape index (κ1) is 16.7. The van der Waals surface area contributed by atoms with Gasteiger partial charge in [-0.15, -0.1) is 0 Å². The molecule has 1 saturated heterocycles. The normalized spacial score (nSPS) is 17.2. The van der Waals surface area contributed by atoms with E-state index in [4.69, 9.17) is 14.4 Å². The molecule has 0 amide bonds. The average Bonchev–Trinajstić information content (AvgIpc) is 3.24. The molecule has 8 heteroatoms. The number of nitrogens with one attached hydrogen (secondary N) is 1. The summed E-state index contributed by atoms with van der Waals surface area (Å²) in [4.78, 5) is 11.1. The zero-order chi connectivity index (χ0) is 16.9. The van der Waals surface area contributed by atoms with Crippen LogP contribution in [0.25, 0.3) is 0 Å². The molecule has 0 saturated carbocycles. The number of hydrogen-bond donors (Lipinski definition) is 2. The van der Waals surface area contributed by atoms with Crippen LogP contribution in [0.2, 0.25) is 0 Å². The summed E-state index contributed by atoms with van der Waals surface area (Å²) in [6, 6.07) is 3.90. The molecule has 3 heterocycles. The number of aryl methyl sites for hydroxylation is 1. The number of rotatable bonds is 7. The number of anilines is 2. The van der Waals surface area contributed by atoms with E-state index in [1.54, 1.807) is 0 Å². The lowest BCUT2D eigenvalue weighted by Gasteiger charge is -2.19. The highest BCUT2D eigenvalue weighted by Crippen LogP contribution is 2.27. The van der Waals surface area contributed by atoms with Crippen molar-refractivity contribution in [2.75, 3.05) is 43.6 Å². The smallest absolute Gasteiger partial charge is 0.224 e. The minimum absolute atomic E-state index is 0.0304. The quantitative estimate of drug-likeness (QED) is 0.783. The van der Waals surface area contributed by atoms with Gasteiger partial charge in [0.05, 0.1) is 31.1 Å². The van der Waals surface area contributed by atoms with Gasteiger partial charge in [-0.2, -0.15) is 4.98 Å². The van der Waals surface area contributed by atoms with Gasteiger partial charge in [-0.25, -0.2) is 4.98 Å². The van der Waals surface area contributed by atoms with Gasteiger partial charge in [0.2, 0.25) is 5.95 Å². The summed E-state index contributed by atoms with van der Waals surface area (Å²) in [6.45, 7) is 4.35. The third-order valence-corrected chi connectivity index (χ3v) is 3.94. The standard InChI is InChI=1S/C16H23N5O3/c1-11-7-13(24-20-11)9-21(2)15-8-14(12-3-6-23-10-12)18-16(19-15)17-4-5-22/h7-8,12,22H,3-6,9-10H2,1-2H3,(H,17,18,19)/t12-/m1/s1. The van der Waals surface area contributed by atoms with Crippen LogP contribution in [0.3, 0.4) is 0 Å². The Balaban J connectivity index is 1.82. The zero-order valence-corrected chi connectivity index (χ0v) is 14.0. The van der Waals surface area contributed by atoms with Crippen LogP contribution >= 0.6 is 0 Å². The van der Waals surface area contributed by atoms with E-state index >= 15 is 0 Å². The molecule has 0 spiro atoms. The number of aromatic nitrogens is 3. The Hall–Kier alpha value is -2.19. The molecule has 2 aromatic rings. The second-order valence-corrected chi connectivity index (χ2v) is 5.98. The highest BCUT2D eigenvalue weighted by atomic mass is 16.5. The minimum Gasteiger partial charge on any atom is -0.395 e. The molecule has 1 atom stereocenters. The number of ether oxygens (including phenoxy) is 1. The third-order valence-electron chi connectivity index (χ3n) is 3.94. The van der Waals surface area contributed by atoms with Crippen molar-refractivity contribution >= 4 is 11.8 Å².